The van der Waals surface area contributed by atoms with E-state index < -0.39 is 10.0 Å². The smallest absolute Gasteiger partial charge is 0.261 e. The zero-order valence-electron chi connectivity index (χ0n) is 15.5. The Labute approximate surface area is 160 Å². The first-order valence-electron chi connectivity index (χ1n) is 8.48. The topological polar surface area (TPSA) is 67.4 Å². The lowest BCUT2D eigenvalue weighted by atomic mass is 10.2. The molecule has 27 heavy (non-hydrogen) atoms. The lowest BCUT2D eigenvalue weighted by Crippen LogP contribution is -2.13. The van der Waals surface area contributed by atoms with Gasteiger partial charge in [-0.3, -0.25) is 4.72 Å². The number of hydrogen-bond acceptors (Lipinski definition) is 4. The Kier molecular flexibility index (Phi) is 5.37. The van der Waals surface area contributed by atoms with Crippen molar-refractivity contribution < 1.29 is 13.2 Å². The van der Waals surface area contributed by atoms with Crippen LogP contribution in [0.3, 0.4) is 0 Å². The fourth-order valence-corrected chi connectivity index (χ4v) is 3.89. The van der Waals surface area contributed by atoms with E-state index in [1.54, 1.807) is 31.4 Å². The first kappa shape index (κ1) is 18.8. The van der Waals surface area contributed by atoms with Crippen LogP contribution in [-0.2, 0) is 10.0 Å². The van der Waals surface area contributed by atoms with Gasteiger partial charge in [-0.2, -0.15) is 0 Å². The summed E-state index contributed by atoms with van der Waals surface area (Å²) in [5, 5.41) is 3.30. The standard InChI is InChI=1S/C21H22N2O3S/c1-15-5-4-6-19(13-15)22-17-7-9-18(10-8-17)23-27(24,25)20-11-12-21(26-3)16(2)14-20/h4-14,22-23H,1-3H3. The lowest BCUT2D eigenvalue weighted by Gasteiger charge is -2.12. The van der Waals surface area contributed by atoms with Gasteiger partial charge in [-0.15, -0.1) is 0 Å². The minimum absolute atomic E-state index is 0.197. The third-order valence-corrected chi connectivity index (χ3v) is 5.50. The Balaban J connectivity index is 1.74. The molecule has 3 aromatic rings. The number of rotatable bonds is 6. The number of aryl methyl sites for hydroxylation is 2. The summed E-state index contributed by atoms with van der Waals surface area (Å²) in [6.45, 7) is 3.84. The largest absolute Gasteiger partial charge is 0.496 e. The molecule has 0 aliphatic carbocycles. The molecule has 0 unspecified atom stereocenters. The molecule has 6 heteroatoms. The van der Waals surface area contributed by atoms with E-state index in [2.05, 4.69) is 10.0 Å². The number of methoxy groups -OCH3 is 1. The molecule has 0 aromatic heterocycles. The fraction of sp³-hybridized carbons (Fsp3) is 0.143. The fourth-order valence-electron chi connectivity index (χ4n) is 2.74. The van der Waals surface area contributed by atoms with E-state index >= 15 is 0 Å². The molecule has 0 amide bonds. The Hall–Kier alpha value is -2.99. The second-order valence-corrected chi connectivity index (χ2v) is 7.99. The maximum absolute atomic E-state index is 12.6. The number of sulfonamides is 1. The van der Waals surface area contributed by atoms with Crippen LogP contribution in [0.2, 0.25) is 0 Å². The molecule has 140 valence electrons. The zero-order valence-corrected chi connectivity index (χ0v) is 16.3. The quantitative estimate of drug-likeness (QED) is 0.639. The summed E-state index contributed by atoms with van der Waals surface area (Å²) in [5.74, 6) is 0.653. The molecule has 0 spiro atoms. The molecule has 0 saturated carbocycles. The van der Waals surface area contributed by atoms with Crippen molar-refractivity contribution in [1.29, 1.82) is 0 Å². The predicted octanol–water partition coefficient (Wildman–Crippen LogP) is 4.86. The highest BCUT2D eigenvalue weighted by Crippen LogP contribution is 2.24. The number of nitrogens with one attached hydrogen (secondary N) is 2. The van der Waals surface area contributed by atoms with Crippen LogP contribution in [0.1, 0.15) is 11.1 Å². The number of hydrogen-bond donors (Lipinski definition) is 2. The first-order chi connectivity index (χ1) is 12.9. The van der Waals surface area contributed by atoms with Crippen molar-refractivity contribution in [2.45, 2.75) is 18.7 Å². The van der Waals surface area contributed by atoms with Crippen molar-refractivity contribution in [3.05, 3.63) is 77.9 Å². The molecule has 2 N–H and O–H groups in total. The van der Waals surface area contributed by atoms with Crippen LogP contribution in [0.15, 0.2) is 71.6 Å². The van der Waals surface area contributed by atoms with Crippen molar-refractivity contribution in [1.82, 2.24) is 0 Å². The van der Waals surface area contributed by atoms with Crippen LogP contribution in [0.4, 0.5) is 17.1 Å². The first-order valence-corrected chi connectivity index (χ1v) is 9.97. The molecular formula is C21H22N2O3S. The summed E-state index contributed by atoms with van der Waals surface area (Å²) in [6, 6.07) is 19.9. The molecule has 5 nitrogen and oxygen atoms in total. The number of anilines is 3. The number of ether oxygens (including phenoxy) is 1. The van der Waals surface area contributed by atoms with Gasteiger partial charge in [0.25, 0.3) is 10.0 Å². The van der Waals surface area contributed by atoms with Crippen molar-refractivity contribution in [2.24, 2.45) is 0 Å². The average molecular weight is 382 g/mol. The van der Waals surface area contributed by atoms with Gasteiger partial charge in [-0.05, 0) is 79.6 Å². The van der Waals surface area contributed by atoms with Gasteiger partial charge >= 0.3 is 0 Å². The summed E-state index contributed by atoms with van der Waals surface area (Å²) >= 11 is 0. The molecule has 0 radical (unpaired) electrons. The van der Waals surface area contributed by atoms with E-state index in [1.165, 1.54) is 11.6 Å². The van der Waals surface area contributed by atoms with E-state index in [0.717, 1.165) is 16.9 Å². The van der Waals surface area contributed by atoms with Gasteiger partial charge in [-0.1, -0.05) is 12.1 Å². The summed E-state index contributed by atoms with van der Waals surface area (Å²) in [7, 11) is -2.11. The van der Waals surface area contributed by atoms with Crippen LogP contribution < -0.4 is 14.8 Å². The lowest BCUT2D eigenvalue weighted by molar-refractivity contribution is 0.411. The van der Waals surface area contributed by atoms with Crippen LogP contribution >= 0.6 is 0 Å². The van der Waals surface area contributed by atoms with Crippen molar-refractivity contribution in [2.75, 3.05) is 17.1 Å². The van der Waals surface area contributed by atoms with Gasteiger partial charge in [0.1, 0.15) is 5.75 Å². The van der Waals surface area contributed by atoms with Gasteiger partial charge in [-0.25, -0.2) is 8.42 Å². The van der Waals surface area contributed by atoms with E-state index in [-0.39, 0.29) is 4.90 Å². The highest BCUT2D eigenvalue weighted by Gasteiger charge is 2.15. The summed E-state index contributed by atoms with van der Waals surface area (Å²) < 4.78 is 33.0. The zero-order chi connectivity index (χ0) is 19.4. The molecule has 3 rings (SSSR count). The summed E-state index contributed by atoms with van der Waals surface area (Å²) in [6.07, 6.45) is 0. The molecule has 0 aliphatic rings. The third-order valence-electron chi connectivity index (χ3n) is 4.12. The maximum Gasteiger partial charge on any atom is 0.261 e. The molecule has 3 aromatic carbocycles. The Morgan fingerprint density at radius 1 is 0.815 bits per heavy atom. The molecule has 0 heterocycles. The summed E-state index contributed by atoms with van der Waals surface area (Å²) in [5.41, 5.74) is 4.29. The maximum atomic E-state index is 12.6. The van der Waals surface area contributed by atoms with Crippen molar-refractivity contribution >= 4 is 27.1 Å². The van der Waals surface area contributed by atoms with E-state index in [1.807, 2.05) is 50.2 Å². The van der Waals surface area contributed by atoms with Gasteiger partial charge in [0, 0.05) is 17.1 Å². The average Bonchev–Trinajstić information content (AvgIpc) is 2.63. The highest BCUT2D eigenvalue weighted by atomic mass is 32.2. The highest BCUT2D eigenvalue weighted by molar-refractivity contribution is 7.92. The molecule has 0 aliphatic heterocycles. The Morgan fingerprint density at radius 3 is 2.15 bits per heavy atom. The minimum Gasteiger partial charge on any atom is -0.496 e. The van der Waals surface area contributed by atoms with Crippen LogP contribution in [-0.4, -0.2) is 15.5 Å². The van der Waals surface area contributed by atoms with Gasteiger partial charge < -0.3 is 10.1 Å². The predicted molar refractivity (Wildman–Crippen MR) is 109 cm³/mol. The van der Waals surface area contributed by atoms with Gasteiger partial charge in [0.2, 0.25) is 0 Å². The molecule has 0 bridgehead atoms. The third kappa shape index (κ3) is 4.60. The molecular weight excluding hydrogens is 360 g/mol. The monoisotopic (exact) mass is 382 g/mol. The summed E-state index contributed by atoms with van der Waals surface area (Å²) in [4.78, 5) is 0.197. The Morgan fingerprint density at radius 2 is 1.52 bits per heavy atom. The SMILES string of the molecule is COc1ccc(S(=O)(=O)Nc2ccc(Nc3cccc(C)c3)cc2)cc1C. The van der Waals surface area contributed by atoms with E-state index in [0.29, 0.717) is 11.4 Å². The number of benzene rings is 3. The second kappa shape index (κ2) is 7.72. The Bertz CT molecular complexity index is 1050. The van der Waals surface area contributed by atoms with Crippen molar-refractivity contribution in [3.8, 4) is 5.75 Å². The minimum atomic E-state index is -3.66. The van der Waals surface area contributed by atoms with E-state index in [9.17, 15) is 8.42 Å². The van der Waals surface area contributed by atoms with E-state index in [4.69, 9.17) is 4.74 Å². The van der Waals surface area contributed by atoms with Gasteiger partial charge in [0.05, 0.1) is 12.0 Å². The van der Waals surface area contributed by atoms with Gasteiger partial charge in [0.15, 0.2) is 0 Å². The molecule has 0 atom stereocenters. The van der Waals surface area contributed by atoms with Crippen LogP contribution in [0.5, 0.6) is 5.75 Å². The second-order valence-electron chi connectivity index (χ2n) is 6.31. The van der Waals surface area contributed by atoms with Crippen LogP contribution in [0, 0.1) is 13.8 Å². The van der Waals surface area contributed by atoms with Crippen LogP contribution in [0.25, 0.3) is 0 Å². The molecule has 0 fully saturated rings. The van der Waals surface area contributed by atoms with Crippen molar-refractivity contribution in [3.63, 3.8) is 0 Å². The normalized spacial score (nSPS) is 11.1. The molecule has 0 saturated heterocycles.